The third-order valence-electron chi connectivity index (χ3n) is 3.93. The molecular weight excluding hydrogens is 338 g/mol. The van der Waals surface area contributed by atoms with Gasteiger partial charge in [0.05, 0.1) is 10.5 Å². The van der Waals surface area contributed by atoms with Crippen LogP contribution < -0.4 is 5.32 Å². The lowest BCUT2D eigenvalue weighted by atomic mass is 10.2. The molecule has 2 aromatic rings. The summed E-state index contributed by atoms with van der Waals surface area (Å²) in [5, 5.41) is 13.3. The van der Waals surface area contributed by atoms with Crippen molar-refractivity contribution >= 4 is 23.3 Å². The summed E-state index contributed by atoms with van der Waals surface area (Å²) in [5.74, 6) is -1.26. The van der Waals surface area contributed by atoms with Crippen LogP contribution in [0.2, 0.25) is 0 Å². The Bertz CT molecular complexity index is 855. The standard InChI is InChI=1S/C18H21N3O5/c1-11(2)20-12(3)9-14(13(20)4)18(23)26-10-17(22)19-15-7-5-6-8-16(15)21(24)25/h5-9,11H,10H2,1-4H3,(H,19,22). The molecule has 0 bridgehead atoms. The van der Waals surface area contributed by atoms with Crippen LogP contribution in [0.3, 0.4) is 0 Å². The van der Waals surface area contributed by atoms with Gasteiger partial charge in [-0.2, -0.15) is 0 Å². The molecule has 0 aliphatic heterocycles. The Morgan fingerprint density at radius 3 is 2.50 bits per heavy atom. The van der Waals surface area contributed by atoms with E-state index >= 15 is 0 Å². The molecular formula is C18H21N3O5. The van der Waals surface area contributed by atoms with E-state index in [0.29, 0.717) is 5.56 Å². The Labute approximate surface area is 150 Å². The first-order chi connectivity index (χ1) is 12.2. The monoisotopic (exact) mass is 359 g/mol. The summed E-state index contributed by atoms with van der Waals surface area (Å²) < 4.78 is 7.06. The average molecular weight is 359 g/mol. The Kier molecular flexibility index (Phi) is 5.76. The van der Waals surface area contributed by atoms with Gasteiger partial charge in [-0.05, 0) is 39.8 Å². The summed E-state index contributed by atoms with van der Waals surface area (Å²) in [5.41, 5.74) is 1.91. The molecule has 8 heteroatoms. The molecule has 0 atom stereocenters. The van der Waals surface area contributed by atoms with Gasteiger partial charge in [-0.25, -0.2) is 4.79 Å². The van der Waals surface area contributed by atoms with Gasteiger partial charge >= 0.3 is 5.97 Å². The lowest BCUT2D eigenvalue weighted by molar-refractivity contribution is -0.383. The summed E-state index contributed by atoms with van der Waals surface area (Å²) in [6, 6.07) is 7.67. The van der Waals surface area contributed by atoms with Crippen molar-refractivity contribution in [2.75, 3.05) is 11.9 Å². The lowest BCUT2D eigenvalue weighted by Crippen LogP contribution is -2.21. The van der Waals surface area contributed by atoms with E-state index in [9.17, 15) is 19.7 Å². The number of nitrogens with one attached hydrogen (secondary N) is 1. The minimum Gasteiger partial charge on any atom is -0.452 e. The summed E-state index contributed by atoms with van der Waals surface area (Å²) >= 11 is 0. The number of ether oxygens (including phenoxy) is 1. The number of hydrogen-bond acceptors (Lipinski definition) is 5. The van der Waals surface area contributed by atoms with Crippen LogP contribution in [0.15, 0.2) is 30.3 Å². The normalized spacial score (nSPS) is 10.7. The van der Waals surface area contributed by atoms with Crippen LogP contribution in [0.1, 0.15) is 41.6 Å². The van der Waals surface area contributed by atoms with E-state index in [1.54, 1.807) is 12.1 Å². The molecule has 0 spiro atoms. The minimum absolute atomic E-state index is 0.0523. The molecule has 0 aliphatic rings. The fourth-order valence-electron chi connectivity index (χ4n) is 2.91. The van der Waals surface area contributed by atoms with Gasteiger partial charge in [0.2, 0.25) is 0 Å². The van der Waals surface area contributed by atoms with E-state index in [0.717, 1.165) is 11.4 Å². The second kappa shape index (κ2) is 7.81. The number of hydrogen-bond donors (Lipinski definition) is 1. The van der Waals surface area contributed by atoms with E-state index in [4.69, 9.17) is 4.74 Å². The molecule has 1 heterocycles. The number of nitro benzene ring substituents is 1. The molecule has 0 radical (unpaired) electrons. The van der Waals surface area contributed by atoms with Crippen molar-refractivity contribution < 1.29 is 19.2 Å². The molecule has 0 saturated heterocycles. The van der Waals surface area contributed by atoms with E-state index in [1.165, 1.54) is 18.2 Å². The number of esters is 1. The zero-order valence-corrected chi connectivity index (χ0v) is 15.1. The Balaban J connectivity index is 2.03. The fraction of sp³-hybridized carbons (Fsp3) is 0.333. The average Bonchev–Trinajstić information content (AvgIpc) is 2.87. The fourth-order valence-corrected chi connectivity index (χ4v) is 2.91. The van der Waals surface area contributed by atoms with Crippen LogP contribution in [-0.4, -0.2) is 28.0 Å². The smallest absolute Gasteiger partial charge is 0.340 e. The Hall–Kier alpha value is -3.16. The third-order valence-corrected chi connectivity index (χ3v) is 3.93. The highest BCUT2D eigenvalue weighted by molar-refractivity contribution is 5.97. The Morgan fingerprint density at radius 1 is 1.27 bits per heavy atom. The van der Waals surface area contributed by atoms with E-state index in [2.05, 4.69) is 5.32 Å². The molecule has 0 fully saturated rings. The van der Waals surface area contributed by atoms with Gasteiger partial charge in [-0.15, -0.1) is 0 Å². The summed E-state index contributed by atoms with van der Waals surface area (Å²) in [6.45, 7) is 7.20. The van der Waals surface area contributed by atoms with Crippen molar-refractivity contribution in [1.82, 2.24) is 4.57 Å². The number of aromatic nitrogens is 1. The summed E-state index contributed by atoms with van der Waals surface area (Å²) in [4.78, 5) is 34.6. The van der Waals surface area contributed by atoms with Crippen LogP contribution in [0.25, 0.3) is 0 Å². The third kappa shape index (κ3) is 4.08. The van der Waals surface area contributed by atoms with Crippen molar-refractivity contribution in [1.29, 1.82) is 0 Å². The molecule has 1 N–H and O–H groups in total. The zero-order valence-electron chi connectivity index (χ0n) is 15.1. The molecule has 0 aliphatic carbocycles. The van der Waals surface area contributed by atoms with Crippen molar-refractivity contribution in [2.24, 2.45) is 0 Å². The first-order valence-electron chi connectivity index (χ1n) is 8.11. The minimum atomic E-state index is -0.648. The molecule has 0 saturated carbocycles. The van der Waals surface area contributed by atoms with Crippen LogP contribution in [-0.2, 0) is 9.53 Å². The molecule has 1 aromatic heterocycles. The predicted octanol–water partition coefficient (Wildman–Crippen LogP) is 3.39. The number of nitrogens with zero attached hydrogens (tertiary/aromatic N) is 2. The van der Waals surface area contributed by atoms with Gasteiger partial charge in [0.1, 0.15) is 5.69 Å². The van der Waals surface area contributed by atoms with Crippen molar-refractivity contribution in [2.45, 2.75) is 33.7 Å². The molecule has 1 aromatic carbocycles. The number of carbonyl (C=O) groups is 2. The molecule has 0 unspecified atom stereocenters. The maximum atomic E-state index is 12.3. The number of anilines is 1. The number of rotatable bonds is 6. The first-order valence-corrected chi connectivity index (χ1v) is 8.11. The highest BCUT2D eigenvalue weighted by Crippen LogP contribution is 2.23. The summed E-state index contributed by atoms with van der Waals surface area (Å²) in [6.07, 6.45) is 0. The number of benzene rings is 1. The number of para-hydroxylation sites is 2. The molecule has 8 nitrogen and oxygen atoms in total. The van der Waals surface area contributed by atoms with Gasteiger partial charge in [0.25, 0.3) is 11.6 Å². The molecule has 138 valence electrons. The van der Waals surface area contributed by atoms with Crippen LogP contribution >= 0.6 is 0 Å². The van der Waals surface area contributed by atoms with Crippen molar-refractivity contribution in [3.8, 4) is 0 Å². The second-order valence-electron chi connectivity index (χ2n) is 6.15. The van der Waals surface area contributed by atoms with Crippen LogP contribution in [0, 0.1) is 24.0 Å². The van der Waals surface area contributed by atoms with Crippen molar-refractivity contribution in [3.05, 3.63) is 57.4 Å². The van der Waals surface area contributed by atoms with Gasteiger partial charge in [-0.1, -0.05) is 12.1 Å². The zero-order chi connectivity index (χ0) is 19.4. The van der Waals surface area contributed by atoms with Crippen molar-refractivity contribution in [3.63, 3.8) is 0 Å². The SMILES string of the molecule is Cc1cc(C(=O)OCC(=O)Nc2ccccc2[N+](=O)[O-])c(C)n1C(C)C. The molecule has 26 heavy (non-hydrogen) atoms. The van der Waals surface area contributed by atoms with E-state index < -0.39 is 23.4 Å². The maximum Gasteiger partial charge on any atom is 0.340 e. The largest absolute Gasteiger partial charge is 0.452 e. The van der Waals surface area contributed by atoms with Gasteiger partial charge in [0, 0.05) is 23.5 Å². The predicted molar refractivity (Wildman–Crippen MR) is 96.3 cm³/mol. The number of nitro groups is 1. The molecule has 1 amide bonds. The number of carbonyl (C=O) groups excluding carboxylic acids is 2. The first kappa shape index (κ1) is 19.2. The number of aryl methyl sites for hydroxylation is 1. The number of amides is 1. The van der Waals surface area contributed by atoms with E-state index in [1.807, 2.05) is 32.3 Å². The molecule has 2 rings (SSSR count). The topological polar surface area (TPSA) is 103 Å². The second-order valence-corrected chi connectivity index (χ2v) is 6.15. The quantitative estimate of drug-likeness (QED) is 0.484. The summed E-state index contributed by atoms with van der Waals surface area (Å²) in [7, 11) is 0. The lowest BCUT2D eigenvalue weighted by Gasteiger charge is -2.13. The Morgan fingerprint density at radius 2 is 1.92 bits per heavy atom. The highest BCUT2D eigenvalue weighted by Gasteiger charge is 2.20. The van der Waals surface area contributed by atoms with Crippen LogP contribution in [0.5, 0.6) is 0 Å². The highest BCUT2D eigenvalue weighted by atomic mass is 16.6. The van der Waals surface area contributed by atoms with Crippen LogP contribution in [0.4, 0.5) is 11.4 Å². The van der Waals surface area contributed by atoms with Gasteiger partial charge in [-0.3, -0.25) is 14.9 Å². The maximum absolute atomic E-state index is 12.3. The van der Waals surface area contributed by atoms with Gasteiger partial charge in [0.15, 0.2) is 6.61 Å². The van der Waals surface area contributed by atoms with E-state index in [-0.39, 0.29) is 17.4 Å². The van der Waals surface area contributed by atoms with Gasteiger partial charge < -0.3 is 14.6 Å².